The molecule has 73 heavy (non-hydrogen) atoms. The molecule has 2 aliphatic carbocycles. The molecule has 1 heteroatoms. The minimum atomic E-state index is -0.345. The normalized spacial score (nSPS) is 12.0. The molecule has 1 heterocycles. The van der Waals surface area contributed by atoms with Crippen LogP contribution in [0.5, 0.6) is 0 Å². The van der Waals surface area contributed by atoms with E-state index in [1.165, 1.54) is 97.0 Å². The van der Waals surface area contributed by atoms with E-state index in [1.807, 2.05) is 97.0 Å². The Hall–Kier alpha value is -6.96. The summed E-state index contributed by atoms with van der Waals surface area (Å²) in [5.74, 6) is 0. The van der Waals surface area contributed by atoms with E-state index in [0.717, 1.165) is 27.7 Å². The number of aryl methyl sites for hydroxylation is 1. The van der Waals surface area contributed by atoms with Crippen LogP contribution in [-0.2, 0) is 10.8 Å². The van der Waals surface area contributed by atoms with Gasteiger partial charge in [-0.25, -0.2) is 0 Å². The van der Waals surface area contributed by atoms with Crippen LogP contribution in [0.25, 0.3) is 55.3 Å². The van der Waals surface area contributed by atoms with E-state index in [9.17, 15) is 0 Å². The Labute approximate surface area is 442 Å². The van der Waals surface area contributed by atoms with E-state index in [4.69, 9.17) is 4.42 Å². The molecule has 9 aromatic rings. The summed E-state index contributed by atoms with van der Waals surface area (Å²) in [7, 11) is 0. The van der Waals surface area contributed by atoms with Crippen LogP contribution in [-0.4, -0.2) is 0 Å². The number of benzene rings is 8. The van der Waals surface area contributed by atoms with Crippen molar-refractivity contribution in [1.29, 1.82) is 0 Å². The molecule has 0 unspecified atom stereocenters. The van der Waals surface area contributed by atoms with Crippen LogP contribution >= 0.6 is 0 Å². The first-order valence-corrected chi connectivity index (χ1v) is 27.2. The van der Waals surface area contributed by atoms with Gasteiger partial charge in [0.15, 0.2) is 0 Å². The molecule has 0 aliphatic heterocycles. The zero-order valence-electron chi connectivity index (χ0n) is 47.3. The fourth-order valence-corrected chi connectivity index (χ4v) is 9.61. The van der Waals surface area contributed by atoms with Crippen LogP contribution < -0.4 is 0 Å². The summed E-state index contributed by atoms with van der Waals surface area (Å²) in [4.78, 5) is 0. The van der Waals surface area contributed by atoms with Crippen LogP contribution in [0.3, 0.4) is 0 Å². The van der Waals surface area contributed by atoms with Crippen LogP contribution in [0, 0.1) is 6.92 Å². The molecule has 1 nitrogen and oxygen atoms in total. The van der Waals surface area contributed by atoms with Gasteiger partial charge in [0.25, 0.3) is 0 Å². The Kier molecular flexibility index (Phi) is 22.7. The summed E-state index contributed by atoms with van der Waals surface area (Å²) in [5, 5.41) is 2.33. The molecule has 11 rings (SSSR count). The first-order valence-electron chi connectivity index (χ1n) is 27.2. The number of furan rings is 1. The third kappa shape index (κ3) is 12.6. The summed E-state index contributed by atoms with van der Waals surface area (Å²) < 4.78 is 5.76. The predicted molar refractivity (Wildman–Crippen MR) is 326 cm³/mol. The van der Waals surface area contributed by atoms with Crippen LogP contribution in [0.2, 0.25) is 0 Å². The van der Waals surface area contributed by atoms with Crippen LogP contribution in [0.15, 0.2) is 206 Å². The Balaban J connectivity index is 0.000000263. The second-order valence-corrected chi connectivity index (χ2v) is 18.5. The fraction of sp³-hybridized carbons (Fsp3) is 0.278. The predicted octanol–water partition coefficient (Wildman–Crippen LogP) is 22.3. The molecule has 1 aromatic heterocycles. The monoisotopic (exact) mass is 967 g/mol. The van der Waals surface area contributed by atoms with Crippen molar-refractivity contribution >= 4 is 33.1 Å². The van der Waals surface area contributed by atoms with Gasteiger partial charge in [0.05, 0.1) is 5.41 Å². The molecule has 1 spiro atoms. The minimum absolute atomic E-state index is 0.0773. The SMILES string of the molecule is C=C(C)c1ccc(-c2cccc3c2-c2ccccc2C32c3ccccc3C(C)(C)c3ccccc32)cc1.C=C(C)c1ccc2oc3ccccc3c2c1.CC.CC.CC.CCC.CCCC.Cc1ccccc1. The van der Waals surface area contributed by atoms with Gasteiger partial charge in [0, 0.05) is 16.2 Å². The molecule has 0 radical (unpaired) electrons. The lowest BCUT2D eigenvalue weighted by atomic mass is 9.55. The van der Waals surface area contributed by atoms with Gasteiger partial charge in [-0.05, 0) is 106 Å². The summed E-state index contributed by atoms with van der Waals surface area (Å²) in [6, 6.07) is 67.7. The van der Waals surface area contributed by atoms with Crippen LogP contribution in [0.1, 0.15) is 166 Å². The molecular formula is C72H86O. The summed E-state index contributed by atoms with van der Waals surface area (Å²) in [5.41, 5.74) is 20.9. The van der Waals surface area contributed by atoms with Gasteiger partial charge in [-0.15, -0.1) is 0 Å². The largest absolute Gasteiger partial charge is 0.456 e. The molecule has 0 fully saturated rings. The lowest BCUT2D eigenvalue weighted by Gasteiger charge is -2.46. The lowest BCUT2D eigenvalue weighted by molar-refractivity contribution is 0.563. The van der Waals surface area contributed by atoms with Gasteiger partial charge in [-0.3, -0.25) is 0 Å². The molecule has 0 saturated carbocycles. The highest BCUT2D eigenvalue weighted by Gasteiger charge is 2.53. The number of para-hydroxylation sites is 1. The zero-order chi connectivity index (χ0) is 53.7. The van der Waals surface area contributed by atoms with Crippen molar-refractivity contribution in [2.24, 2.45) is 0 Å². The number of fused-ring (bicyclic) bond motifs is 12. The van der Waals surface area contributed by atoms with E-state index < -0.39 is 0 Å². The second kappa shape index (κ2) is 28.3. The third-order valence-corrected chi connectivity index (χ3v) is 13.1. The molecule has 2 aliphatic rings. The van der Waals surface area contributed by atoms with Crippen molar-refractivity contribution < 1.29 is 4.42 Å². The van der Waals surface area contributed by atoms with Gasteiger partial charge in [-0.1, -0.05) is 302 Å². The van der Waals surface area contributed by atoms with Crippen molar-refractivity contribution in [1.82, 2.24) is 0 Å². The number of allylic oxidation sites excluding steroid dienone is 2. The number of rotatable bonds is 4. The smallest absolute Gasteiger partial charge is 0.135 e. The Morgan fingerprint density at radius 1 is 0.425 bits per heavy atom. The number of hydrogen-bond donors (Lipinski definition) is 0. The molecule has 0 amide bonds. The Morgan fingerprint density at radius 2 is 0.849 bits per heavy atom. The van der Waals surface area contributed by atoms with E-state index in [-0.39, 0.29) is 10.8 Å². The fourth-order valence-electron chi connectivity index (χ4n) is 9.61. The zero-order valence-corrected chi connectivity index (χ0v) is 47.3. The molecule has 0 N–H and O–H groups in total. The molecule has 0 bridgehead atoms. The first kappa shape index (κ1) is 58.6. The standard InChI is InChI=1S/C37H30.C15H12O.C7H8.C4H10.C3H8.3C2H6/c1-24(2)25-20-22-26(23-21-25)27-13-11-19-34-35(27)28-12-5-6-14-29(28)37(34)32-17-9-7-15-30(32)36(3,4)31-16-8-10-18-33(31)37;1-10(2)11-7-8-15-13(9-11)12-5-3-4-6-14(12)16-15;1-7-5-3-2-4-6-7;1-3-4-2;1-3-2;3*1-2/h5-23H,1H2,2-4H3;3-9H,1H2,2H3;2-6H,1H3;3-4H2,1-2H3;3H2,1-2H3;3*1-2H3. The maximum Gasteiger partial charge on any atom is 0.135 e. The van der Waals surface area contributed by atoms with Gasteiger partial charge in [-0.2, -0.15) is 0 Å². The molecule has 0 saturated heterocycles. The van der Waals surface area contributed by atoms with Gasteiger partial charge in [0.2, 0.25) is 0 Å². The first-order chi connectivity index (χ1) is 35.4. The van der Waals surface area contributed by atoms with E-state index >= 15 is 0 Å². The third-order valence-electron chi connectivity index (χ3n) is 13.1. The average molecular weight is 967 g/mol. The topological polar surface area (TPSA) is 13.1 Å². The van der Waals surface area contributed by atoms with Gasteiger partial charge >= 0.3 is 0 Å². The summed E-state index contributed by atoms with van der Waals surface area (Å²) >= 11 is 0. The van der Waals surface area contributed by atoms with E-state index in [2.05, 4.69) is 208 Å². The van der Waals surface area contributed by atoms with E-state index in [0.29, 0.717) is 0 Å². The highest BCUT2D eigenvalue weighted by Crippen LogP contribution is 2.63. The highest BCUT2D eigenvalue weighted by molar-refractivity contribution is 6.05. The molecule has 8 aromatic carbocycles. The average Bonchev–Trinajstić information content (AvgIpc) is 3.97. The Bertz CT molecular complexity index is 3070. The van der Waals surface area contributed by atoms with Gasteiger partial charge < -0.3 is 4.42 Å². The van der Waals surface area contributed by atoms with Crippen molar-refractivity contribution in [2.75, 3.05) is 0 Å². The Morgan fingerprint density at radius 3 is 1.36 bits per heavy atom. The molecule has 0 atom stereocenters. The maximum atomic E-state index is 5.76. The quantitative estimate of drug-likeness (QED) is 0.171. The van der Waals surface area contributed by atoms with Crippen molar-refractivity contribution in [3.05, 3.63) is 251 Å². The maximum absolute atomic E-state index is 5.76. The summed E-state index contributed by atoms with van der Waals surface area (Å²) in [6.07, 6.45) is 3.89. The lowest BCUT2D eigenvalue weighted by Crippen LogP contribution is -2.40. The second-order valence-electron chi connectivity index (χ2n) is 18.5. The van der Waals surface area contributed by atoms with Crippen molar-refractivity contribution in [2.45, 2.75) is 134 Å². The van der Waals surface area contributed by atoms with Crippen molar-refractivity contribution in [3.63, 3.8) is 0 Å². The van der Waals surface area contributed by atoms with Crippen molar-refractivity contribution in [3.8, 4) is 22.3 Å². The van der Waals surface area contributed by atoms with Crippen LogP contribution in [0.4, 0.5) is 0 Å². The van der Waals surface area contributed by atoms with Gasteiger partial charge in [0.1, 0.15) is 11.2 Å². The highest BCUT2D eigenvalue weighted by atomic mass is 16.3. The minimum Gasteiger partial charge on any atom is -0.456 e. The summed E-state index contributed by atoms with van der Waals surface area (Å²) in [6.45, 7) is 39.6. The molecule has 380 valence electrons. The number of hydrogen-bond acceptors (Lipinski definition) is 1. The van der Waals surface area contributed by atoms with E-state index in [1.54, 1.807) is 0 Å². The number of unbranched alkanes of at least 4 members (excludes halogenated alkanes) is 1. The molecular weight excluding hydrogens is 881 g/mol.